The van der Waals surface area contributed by atoms with Crippen LogP contribution in [0.3, 0.4) is 0 Å². The van der Waals surface area contributed by atoms with E-state index in [0.717, 1.165) is 0 Å². The van der Waals surface area contributed by atoms with Gasteiger partial charge in [0.05, 0.1) is 0 Å². The fourth-order valence-corrected chi connectivity index (χ4v) is 2.35. The summed E-state index contributed by atoms with van der Waals surface area (Å²) in [6.07, 6.45) is -1.75. The fourth-order valence-electron chi connectivity index (χ4n) is 2.35. The first-order chi connectivity index (χ1) is 10.4. The van der Waals surface area contributed by atoms with Gasteiger partial charge in [-0.1, -0.05) is 33.1 Å². The highest BCUT2D eigenvalue weighted by atomic mass is 16.6. The van der Waals surface area contributed by atoms with Crippen molar-refractivity contribution in [3.8, 4) is 0 Å². The molecule has 0 saturated heterocycles. The molecule has 0 aliphatic carbocycles. The summed E-state index contributed by atoms with van der Waals surface area (Å²) >= 11 is 0. The van der Waals surface area contributed by atoms with Crippen molar-refractivity contribution >= 4 is 11.9 Å². The summed E-state index contributed by atoms with van der Waals surface area (Å²) in [6, 6.07) is -1.33. The van der Waals surface area contributed by atoms with E-state index < -0.39 is 41.6 Å². The van der Waals surface area contributed by atoms with Crippen LogP contribution in [0.25, 0.3) is 0 Å². The number of aliphatic hydroxyl groups excluding tert-OH is 1. The van der Waals surface area contributed by atoms with Gasteiger partial charge in [0.2, 0.25) is 11.7 Å². The molecule has 0 bridgehead atoms. The van der Waals surface area contributed by atoms with Crippen LogP contribution in [0.4, 0.5) is 4.79 Å². The first-order valence-corrected chi connectivity index (χ1v) is 7.35. The van der Waals surface area contributed by atoms with Crippen LogP contribution >= 0.6 is 0 Å². The van der Waals surface area contributed by atoms with E-state index in [1.165, 1.54) is 0 Å². The molecule has 2 unspecified atom stereocenters. The predicted molar refractivity (Wildman–Crippen MR) is 79.4 cm³/mol. The van der Waals surface area contributed by atoms with Gasteiger partial charge in [-0.05, 0) is 12.8 Å². The molecule has 0 aromatic heterocycles. The van der Waals surface area contributed by atoms with Crippen molar-refractivity contribution in [1.29, 1.82) is 0 Å². The molecule has 0 radical (unpaired) electrons. The summed E-state index contributed by atoms with van der Waals surface area (Å²) in [5, 5.41) is 52.3. The van der Waals surface area contributed by atoms with E-state index in [1.54, 1.807) is 19.2 Å². The SMILES string of the molecule is CCCCC(NC(N)=O)(C(N)=O)C(O)(O)C(O)(O)C(O)CCC. The number of aliphatic hydroxyl groups is 5. The Morgan fingerprint density at radius 3 is 1.96 bits per heavy atom. The molecule has 136 valence electrons. The van der Waals surface area contributed by atoms with Gasteiger partial charge in [0, 0.05) is 0 Å². The van der Waals surface area contributed by atoms with Gasteiger partial charge in [-0.3, -0.25) is 4.79 Å². The quantitative estimate of drug-likeness (QED) is 0.203. The van der Waals surface area contributed by atoms with Crippen LogP contribution in [0, 0.1) is 0 Å². The second-order valence-corrected chi connectivity index (χ2v) is 5.57. The molecule has 0 aromatic carbocycles. The largest absolute Gasteiger partial charge is 0.387 e. The molecular weight excluding hydrogens is 310 g/mol. The van der Waals surface area contributed by atoms with Crippen molar-refractivity contribution in [3.05, 3.63) is 0 Å². The number of nitrogens with two attached hydrogens (primary N) is 2. The molecule has 0 saturated carbocycles. The molecule has 3 amide bonds. The maximum atomic E-state index is 11.9. The van der Waals surface area contributed by atoms with E-state index in [-0.39, 0.29) is 19.3 Å². The number of unbranched alkanes of at least 4 members (excludes halogenated alkanes) is 1. The minimum absolute atomic E-state index is 0.173. The second-order valence-electron chi connectivity index (χ2n) is 5.57. The second kappa shape index (κ2) is 7.88. The summed E-state index contributed by atoms with van der Waals surface area (Å²) < 4.78 is 0. The molecule has 0 spiro atoms. The van der Waals surface area contributed by atoms with Crippen LogP contribution in [0.15, 0.2) is 0 Å². The summed E-state index contributed by atoms with van der Waals surface area (Å²) in [5.41, 5.74) is 7.44. The lowest BCUT2D eigenvalue weighted by Crippen LogP contribution is -2.80. The first kappa shape index (κ1) is 21.5. The number of urea groups is 1. The molecule has 10 heteroatoms. The Balaban J connectivity index is 6.08. The van der Waals surface area contributed by atoms with Crippen LogP contribution in [0.1, 0.15) is 46.0 Å². The smallest absolute Gasteiger partial charge is 0.313 e. The Kier molecular flexibility index (Phi) is 7.38. The van der Waals surface area contributed by atoms with E-state index in [4.69, 9.17) is 11.5 Å². The zero-order valence-electron chi connectivity index (χ0n) is 13.3. The van der Waals surface area contributed by atoms with Crippen LogP contribution in [-0.2, 0) is 4.79 Å². The van der Waals surface area contributed by atoms with E-state index in [9.17, 15) is 35.1 Å². The van der Waals surface area contributed by atoms with Crippen molar-refractivity contribution < 1.29 is 35.1 Å². The number of nitrogens with one attached hydrogen (secondary N) is 1. The van der Waals surface area contributed by atoms with Gasteiger partial charge >= 0.3 is 6.03 Å². The first-order valence-electron chi connectivity index (χ1n) is 7.35. The van der Waals surface area contributed by atoms with Crippen molar-refractivity contribution in [2.75, 3.05) is 0 Å². The summed E-state index contributed by atoms with van der Waals surface area (Å²) in [7, 11) is 0. The summed E-state index contributed by atoms with van der Waals surface area (Å²) in [4.78, 5) is 23.1. The number of rotatable bonds is 10. The van der Waals surface area contributed by atoms with Crippen molar-refractivity contribution in [3.63, 3.8) is 0 Å². The summed E-state index contributed by atoms with van der Waals surface area (Å²) in [6.45, 7) is 3.32. The monoisotopic (exact) mass is 337 g/mol. The number of primary amides is 2. The Hall–Kier alpha value is -1.46. The van der Waals surface area contributed by atoms with Crippen molar-refractivity contribution in [1.82, 2.24) is 5.32 Å². The van der Waals surface area contributed by atoms with Crippen molar-refractivity contribution in [2.24, 2.45) is 11.5 Å². The van der Waals surface area contributed by atoms with Gasteiger partial charge in [0.25, 0.3) is 5.79 Å². The van der Waals surface area contributed by atoms with E-state index >= 15 is 0 Å². The maximum Gasteiger partial charge on any atom is 0.313 e. The van der Waals surface area contributed by atoms with Crippen LogP contribution in [-0.4, -0.2) is 60.7 Å². The van der Waals surface area contributed by atoms with E-state index in [2.05, 4.69) is 0 Å². The summed E-state index contributed by atoms with van der Waals surface area (Å²) in [5.74, 6) is -8.68. The molecule has 0 aliphatic heterocycles. The Morgan fingerprint density at radius 2 is 1.61 bits per heavy atom. The van der Waals surface area contributed by atoms with Crippen LogP contribution in [0.5, 0.6) is 0 Å². The molecule has 0 aromatic rings. The average molecular weight is 337 g/mol. The van der Waals surface area contributed by atoms with E-state index in [1.807, 2.05) is 0 Å². The van der Waals surface area contributed by atoms with Crippen molar-refractivity contribution in [2.45, 2.75) is 69.2 Å². The molecule has 0 fully saturated rings. The zero-order chi connectivity index (χ0) is 18.5. The van der Waals surface area contributed by atoms with Gasteiger partial charge < -0.3 is 42.3 Å². The topological polar surface area (TPSA) is 199 Å². The van der Waals surface area contributed by atoms with Crippen LogP contribution < -0.4 is 16.8 Å². The molecule has 23 heavy (non-hydrogen) atoms. The molecule has 10 N–H and O–H groups in total. The Bertz CT molecular complexity index is 428. The van der Waals surface area contributed by atoms with Crippen LogP contribution in [0.2, 0.25) is 0 Å². The lowest BCUT2D eigenvalue weighted by molar-refractivity contribution is -0.402. The lowest BCUT2D eigenvalue weighted by Gasteiger charge is -2.48. The fraction of sp³-hybridized carbons (Fsp3) is 0.846. The lowest BCUT2D eigenvalue weighted by atomic mass is 9.76. The average Bonchev–Trinajstić information content (AvgIpc) is 2.42. The third-order valence-corrected chi connectivity index (χ3v) is 3.80. The number of hydrogen-bond acceptors (Lipinski definition) is 7. The number of hydrogen-bond donors (Lipinski definition) is 8. The highest BCUT2D eigenvalue weighted by Crippen LogP contribution is 2.36. The number of amides is 3. The molecule has 0 rings (SSSR count). The van der Waals surface area contributed by atoms with Gasteiger partial charge in [0.1, 0.15) is 6.10 Å². The predicted octanol–water partition coefficient (Wildman–Crippen LogP) is -2.41. The third kappa shape index (κ3) is 4.09. The van der Waals surface area contributed by atoms with Gasteiger partial charge in [0.15, 0.2) is 5.54 Å². The molecule has 2 atom stereocenters. The highest BCUT2D eigenvalue weighted by molar-refractivity contribution is 5.91. The molecule has 0 heterocycles. The minimum atomic E-state index is -3.69. The van der Waals surface area contributed by atoms with Gasteiger partial charge in [-0.2, -0.15) is 0 Å². The zero-order valence-corrected chi connectivity index (χ0v) is 13.3. The molecular formula is C13H27N3O7. The third-order valence-electron chi connectivity index (χ3n) is 3.80. The maximum absolute atomic E-state index is 11.9. The Labute approximate surface area is 134 Å². The van der Waals surface area contributed by atoms with Gasteiger partial charge in [-0.25, -0.2) is 4.79 Å². The highest BCUT2D eigenvalue weighted by Gasteiger charge is 2.67. The normalized spacial score (nSPS) is 16.5. The van der Waals surface area contributed by atoms with E-state index in [0.29, 0.717) is 6.42 Å². The van der Waals surface area contributed by atoms with Gasteiger partial charge in [-0.15, -0.1) is 0 Å². The minimum Gasteiger partial charge on any atom is -0.387 e. The molecule has 10 nitrogen and oxygen atoms in total. The number of carbonyl (C=O) groups excluding carboxylic acids is 2. The Morgan fingerprint density at radius 1 is 1.09 bits per heavy atom. The number of carbonyl (C=O) groups is 2. The molecule has 0 aliphatic rings. The standard InChI is InChI=1S/C13H27N3O7/c1-3-5-7-11(9(14)18,16-10(15)19)13(22,23)12(20,21)8(17)6-4-2/h8,17,20-23H,3-7H2,1-2H3,(H2,14,18)(H3,15,16,19).